The molecule has 0 saturated carbocycles. The zero-order valence-electron chi connectivity index (χ0n) is 14.4. The molecule has 0 radical (unpaired) electrons. The van der Waals surface area contributed by atoms with Gasteiger partial charge >= 0.3 is 0 Å². The Hall–Kier alpha value is -2.86. The third kappa shape index (κ3) is 4.16. The van der Waals surface area contributed by atoms with Crippen molar-refractivity contribution < 1.29 is 19.1 Å². The lowest BCUT2D eigenvalue weighted by molar-refractivity contribution is 0.0785. The molecular formula is C19H20N2O4. The first-order valence-corrected chi connectivity index (χ1v) is 7.88. The summed E-state index contributed by atoms with van der Waals surface area (Å²) in [6.45, 7) is 3.65. The van der Waals surface area contributed by atoms with Crippen LogP contribution < -0.4 is 9.47 Å². The van der Waals surface area contributed by atoms with Gasteiger partial charge in [0.15, 0.2) is 6.61 Å². The number of aromatic nitrogens is 2. The highest BCUT2D eigenvalue weighted by atomic mass is 16.5. The highest BCUT2D eigenvalue weighted by Crippen LogP contribution is 2.23. The fraction of sp³-hybridized carbons (Fsp3) is 0.263. The molecular weight excluding hydrogens is 320 g/mol. The minimum absolute atomic E-state index is 0.172. The second-order valence-corrected chi connectivity index (χ2v) is 6.11. The van der Waals surface area contributed by atoms with E-state index in [0.29, 0.717) is 17.5 Å². The Kier molecular flexibility index (Phi) is 4.72. The van der Waals surface area contributed by atoms with Crippen LogP contribution in [-0.4, -0.2) is 22.4 Å². The molecule has 0 fully saturated rings. The van der Waals surface area contributed by atoms with Crippen LogP contribution in [0.25, 0.3) is 11.4 Å². The van der Waals surface area contributed by atoms with Crippen molar-refractivity contribution in [1.82, 2.24) is 10.1 Å². The number of hydrogen-bond acceptors (Lipinski definition) is 6. The monoisotopic (exact) mass is 340 g/mol. The molecule has 0 atom stereocenters. The average molecular weight is 340 g/mol. The normalized spacial score (nSPS) is 11.4. The molecule has 0 unspecified atom stereocenters. The van der Waals surface area contributed by atoms with Crippen LogP contribution in [0.1, 0.15) is 25.3 Å². The fourth-order valence-corrected chi connectivity index (χ4v) is 2.27. The van der Waals surface area contributed by atoms with E-state index in [1.54, 1.807) is 33.1 Å². The largest absolute Gasteiger partial charge is 0.497 e. The quantitative estimate of drug-likeness (QED) is 0.739. The van der Waals surface area contributed by atoms with Gasteiger partial charge in [0.2, 0.25) is 5.82 Å². The van der Waals surface area contributed by atoms with Crippen molar-refractivity contribution in [3.63, 3.8) is 0 Å². The van der Waals surface area contributed by atoms with Gasteiger partial charge in [0.25, 0.3) is 5.89 Å². The molecule has 0 aliphatic carbocycles. The molecule has 0 aliphatic heterocycles. The van der Waals surface area contributed by atoms with Crippen molar-refractivity contribution in [2.24, 2.45) is 0 Å². The van der Waals surface area contributed by atoms with Gasteiger partial charge in [-0.2, -0.15) is 4.98 Å². The summed E-state index contributed by atoms with van der Waals surface area (Å²) in [5, 5.41) is 13.9. The highest BCUT2D eigenvalue weighted by molar-refractivity contribution is 5.55. The predicted octanol–water partition coefficient (Wildman–Crippen LogP) is 3.55. The number of nitrogens with zero attached hydrogens (tertiary/aromatic N) is 2. The number of aliphatic hydroxyl groups is 1. The second kappa shape index (κ2) is 6.94. The lowest BCUT2D eigenvalue weighted by Crippen LogP contribution is -2.14. The lowest BCUT2D eigenvalue weighted by Gasteiger charge is -2.17. The Morgan fingerprint density at radius 2 is 1.64 bits per heavy atom. The summed E-state index contributed by atoms with van der Waals surface area (Å²) in [5.74, 6) is 2.32. The van der Waals surface area contributed by atoms with Crippen LogP contribution >= 0.6 is 0 Å². The van der Waals surface area contributed by atoms with Crippen LogP contribution in [0.2, 0.25) is 0 Å². The minimum atomic E-state index is -0.877. The van der Waals surface area contributed by atoms with Crippen molar-refractivity contribution in [2.75, 3.05) is 7.11 Å². The van der Waals surface area contributed by atoms with E-state index in [2.05, 4.69) is 10.1 Å². The van der Waals surface area contributed by atoms with Crippen LogP contribution in [0, 0.1) is 0 Å². The maximum Gasteiger partial charge on any atom is 0.264 e. The molecule has 0 aliphatic rings. The first-order chi connectivity index (χ1) is 12.0. The van der Waals surface area contributed by atoms with Crippen LogP contribution in [0.15, 0.2) is 53.1 Å². The molecule has 0 amide bonds. The van der Waals surface area contributed by atoms with Gasteiger partial charge in [-0.1, -0.05) is 17.3 Å². The number of methoxy groups -OCH3 is 1. The third-order valence-electron chi connectivity index (χ3n) is 3.74. The van der Waals surface area contributed by atoms with E-state index < -0.39 is 5.60 Å². The minimum Gasteiger partial charge on any atom is -0.497 e. The first-order valence-electron chi connectivity index (χ1n) is 7.88. The van der Waals surface area contributed by atoms with Crippen molar-refractivity contribution in [1.29, 1.82) is 0 Å². The van der Waals surface area contributed by atoms with Crippen molar-refractivity contribution in [3.05, 3.63) is 60.0 Å². The number of hydrogen-bond donors (Lipinski definition) is 1. The first kappa shape index (κ1) is 17.0. The Balaban J connectivity index is 1.63. The summed E-state index contributed by atoms with van der Waals surface area (Å²) in [7, 11) is 1.62. The van der Waals surface area contributed by atoms with Crippen molar-refractivity contribution >= 4 is 0 Å². The van der Waals surface area contributed by atoms with Gasteiger partial charge in [0.05, 0.1) is 12.7 Å². The second-order valence-electron chi connectivity index (χ2n) is 6.11. The Bertz CT molecular complexity index is 818. The predicted molar refractivity (Wildman–Crippen MR) is 92.3 cm³/mol. The number of rotatable bonds is 6. The van der Waals surface area contributed by atoms with Crippen LogP contribution in [0.5, 0.6) is 11.5 Å². The molecule has 0 bridgehead atoms. The molecule has 1 N–H and O–H groups in total. The Morgan fingerprint density at radius 1 is 1.00 bits per heavy atom. The molecule has 6 heteroatoms. The van der Waals surface area contributed by atoms with Crippen molar-refractivity contribution in [2.45, 2.75) is 26.1 Å². The van der Waals surface area contributed by atoms with E-state index in [4.69, 9.17) is 14.0 Å². The van der Waals surface area contributed by atoms with Crippen LogP contribution in [0.3, 0.4) is 0 Å². The fourth-order valence-electron chi connectivity index (χ4n) is 2.27. The molecule has 25 heavy (non-hydrogen) atoms. The maximum absolute atomic E-state index is 9.95. The lowest BCUT2D eigenvalue weighted by atomic mass is 9.99. The number of benzene rings is 2. The molecule has 1 aromatic heterocycles. The van der Waals surface area contributed by atoms with Gasteiger partial charge in [-0.15, -0.1) is 0 Å². The van der Waals surface area contributed by atoms with E-state index in [-0.39, 0.29) is 6.61 Å². The van der Waals surface area contributed by atoms with Gasteiger partial charge in [0.1, 0.15) is 11.5 Å². The van der Waals surface area contributed by atoms with E-state index in [9.17, 15) is 5.11 Å². The maximum atomic E-state index is 9.95. The summed E-state index contributed by atoms with van der Waals surface area (Å²) in [6.07, 6.45) is 0. The molecule has 2 aromatic carbocycles. The van der Waals surface area contributed by atoms with Gasteiger partial charge in [-0.25, -0.2) is 0 Å². The van der Waals surface area contributed by atoms with Crippen LogP contribution in [0.4, 0.5) is 0 Å². The Morgan fingerprint density at radius 3 is 2.24 bits per heavy atom. The standard InChI is InChI=1S/C19H20N2O4/c1-19(2,22)14-6-10-16(11-7-14)24-12-17-20-18(21-25-17)13-4-8-15(23-3)9-5-13/h4-11,22H,12H2,1-3H3. The zero-order valence-corrected chi connectivity index (χ0v) is 14.4. The van der Waals surface area contributed by atoms with Gasteiger partial charge < -0.3 is 19.1 Å². The summed E-state index contributed by atoms with van der Waals surface area (Å²) >= 11 is 0. The van der Waals surface area contributed by atoms with E-state index >= 15 is 0 Å². The molecule has 0 saturated heterocycles. The van der Waals surface area contributed by atoms with Gasteiger partial charge in [-0.3, -0.25) is 0 Å². The summed E-state index contributed by atoms with van der Waals surface area (Å²) < 4.78 is 16.0. The van der Waals surface area contributed by atoms with E-state index in [0.717, 1.165) is 16.9 Å². The topological polar surface area (TPSA) is 77.6 Å². The van der Waals surface area contributed by atoms with E-state index in [1.807, 2.05) is 36.4 Å². The molecule has 3 rings (SSSR count). The summed E-state index contributed by atoms with van der Waals surface area (Å²) in [6, 6.07) is 14.7. The zero-order chi connectivity index (χ0) is 17.9. The van der Waals surface area contributed by atoms with Gasteiger partial charge in [-0.05, 0) is 55.8 Å². The van der Waals surface area contributed by atoms with Crippen LogP contribution in [-0.2, 0) is 12.2 Å². The molecule has 130 valence electrons. The highest BCUT2D eigenvalue weighted by Gasteiger charge is 2.15. The molecule has 6 nitrogen and oxygen atoms in total. The SMILES string of the molecule is COc1ccc(-c2noc(COc3ccc(C(C)(C)O)cc3)n2)cc1. The smallest absolute Gasteiger partial charge is 0.264 e. The number of ether oxygens (including phenoxy) is 2. The summed E-state index contributed by atoms with van der Waals surface area (Å²) in [4.78, 5) is 4.32. The Labute approximate surface area is 146 Å². The third-order valence-corrected chi connectivity index (χ3v) is 3.74. The van der Waals surface area contributed by atoms with Crippen molar-refractivity contribution in [3.8, 4) is 22.9 Å². The van der Waals surface area contributed by atoms with Gasteiger partial charge in [0, 0.05) is 5.56 Å². The van der Waals surface area contributed by atoms with E-state index in [1.165, 1.54) is 0 Å². The summed E-state index contributed by atoms with van der Waals surface area (Å²) in [5.41, 5.74) is 0.780. The molecule has 0 spiro atoms. The molecule has 3 aromatic rings. The molecule has 1 heterocycles. The average Bonchev–Trinajstić information content (AvgIpc) is 3.09.